The number of anilines is 1. The Bertz CT molecular complexity index is 1570. The van der Waals surface area contributed by atoms with Crippen LogP contribution in [0, 0.1) is 6.92 Å². The summed E-state index contributed by atoms with van der Waals surface area (Å²) in [5, 5.41) is 2.09. The summed E-state index contributed by atoms with van der Waals surface area (Å²) in [6, 6.07) is 17.5. The Morgan fingerprint density at radius 1 is 1.02 bits per heavy atom. The van der Waals surface area contributed by atoms with E-state index in [1.54, 1.807) is 24.3 Å². The van der Waals surface area contributed by atoms with Gasteiger partial charge in [-0.1, -0.05) is 29.8 Å². The predicted octanol–water partition coefficient (Wildman–Crippen LogP) is 4.85. The highest BCUT2D eigenvalue weighted by molar-refractivity contribution is 8.18. The molecule has 12 heteroatoms. The number of benzene rings is 3. The molecule has 0 saturated carbocycles. The number of rotatable bonds is 10. The third kappa shape index (κ3) is 6.82. The number of thioether (sulfide) groups is 1. The monoisotopic (exact) mass is 582 g/mol. The average molecular weight is 583 g/mol. The lowest BCUT2D eigenvalue weighted by Gasteiger charge is -2.14. The molecule has 0 aromatic heterocycles. The molecule has 3 amide bonds. The van der Waals surface area contributed by atoms with E-state index >= 15 is 0 Å². The number of hydrogen-bond donors (Lipinski definition) is 1. The normalized spacial score (nSPS) is 14.4. The Morgan fingerprint density at radius 3 is 2.38 bits per heavy atom. The van der Waals surface area contributed by atoms with E-state index in [2.05, 4.69) is 5.32 Å². The molecule has 0 aliphatic carbocycles. The van der Waals surface area contributed by atoms with E-state index in [0.29, 0.717) is 11.4 Å². The van der Waals surface area contributed by atoms with Gasteiger partial charge in [0.05, 0.1) is 18.6 Å². The lowest BCUT2D eigenvalue weighted by molar-refractivity contribution is -0.123. The zero-order valence-electron chi connectivity index (χ0n) is 21.9. The SMILES string of the molecule is COc1cccc(/C=C2\SC(=O)N(CCOc3ccc(C)cc3)C2=O)c1OS(=O)(=O)c1ccc(NC(C)=O)cc1. The van der Waals surface area contributed by atoms with Crippen molar-refractivity contribution in [3.63, 3.8) is 0 Å². The van der Waals surface area contributed by atoms with Crippen molar-refractivity contribution in [2.24, 2.45) is 0 Å². The fourth-order valence-electron chi connectivity index (χ4n) is 3.69. The van der Waals surface area contributed by atoms with E-state index in [0.717, 1.165) is 22.2 Å². The topological polar surface area (TPSA) is 128 Å². The minimum absolute atomic E-state index is 0.0419. The second-order valence-corrected chi connectivity index (χ2v) is 11.2. The number of nitrogens with zero attached hydrogens (tertiary/aromatic N) is 1. The number of methoxy groups -OCH3 is 1. The van der Waals surface area contributed by atoms with Crippen LogP contribution < -0.4 is 19.0 Å². The highest BCUT2D eigenvalue weighted by Gasteiger charge is 2.35. The molecule has 1 aliphatic heterocycles. The van der Waals surface area contributed by atoms with Gasteiger partial charge in [0, 0.05) is 18.2 Å². The summed E-state index contributed by atoms with van der Waals surface area (Å²) >= 11 is 0.730. The molecule has 1 N–H and O–H groups in total. The molecule has 1 saturated heterocycles. The van der Waals surface area contributed by atoms with Gasteiger partial charge in [-0.25, -0.2) is 0 Å². The molecule has 1 aliphatic rings. The molecule has 0 bridgehead atoms. The van der Waals surface area contributed by atoms with E-state index in [-0.39, 0.29) is 45.9 Å². The summed E-state index contributed by atoms with van der Waals surface area (Å²) in [4.78, 5) is 37.9. The lowest BCUT2D eigenvalue weighted by Crippen LogP contribution is -2.32. The Hall–Kier alpha value is -4.29. The summed E-state index contributed by atoms with van der Waals surface area (Å²) in [5.74, 6) is -0.248. The summed E-state index contributed by atoms with van der Waals surface area (Å²) < 4.78 is 42.6. The van der Waals surface area contributed by atoms with E-state index in [1.807, 2.05) is 19.1 Å². The van der Waals surface area contributed by atoms with Gasteiger partial charge < -0.3 is 19.0 Å². The number of imide groups is 1. The molecule has 208 valence electrons. The second kappa shape index (κ2) is 12.3. The fraction of sp³-hybridized carbons (Fsp3) is 0.179. The van der Waals surface area contributed by atoms with E-state index in [9.17, 15) is 22.8 Å². The first kappa shape index (κ1) is 28.7. The third-order valence-corrected chi connectivity index (χ3v) is 7.79. The van der Waals surface area contributed by atoms with Gasteiger partial charge in [-0.3, -0.25) is 19.3 Å². The Labute approximate surface area is 236 Å². The van der Waals surface area contributed by atoms with Crippen LogP contribution >= 0.6 is 11.8 Å². The van der Waals surface area contributed by atoms with Crippen LogP contribution in [0.3, 0.4) is 0 Å². The van der Waals surface area contributed by atoms with Gasteiger partial charge in [-0.05, 0) is 67.2 Å². The molecule has 10 nitrogen and oxygen atoms in total. The molecule has 0 atom stereocenters. The van der Waals surface area contributed by atoms with Crippen LogP contribution in [0.4, 0.5) is 10.5 Å². The number of ether oxygens (including phenoxy) is 2. The summed E-state index contributed by atoms with van der Waals surface area (Å²) in [5.41, 5.74) is 1.72. The minimum Gasteiger partial charge on any atom is -0.493 e. The van der Waals surface area contributed by atoms with Crippen molar-refractivity contribution in [3.05, 3.63) is 82.8 Å². The third-order valence-electron chi connectivity index (χ3n) is 5.65. The van der Waals surface area contributed by atoms with Crippen LogP contribution in [-0.2, 0) is 19.7 Å². The fourth-order valence-corrected chi connectivity index (χ4v) is 5.51. The number of carbonyl (C=O) groups is 3. The van der Waals surface area contributed by atoms with Crippen molar-refractivity contribution in [1.29, 1.82) is 0 Å². The van der Waals surface area contributed by atoms with Gasteiger partial charge in [-0.2, -0.15) is 8.42 Å². The van der Waals surface area contributed by atoms with Gasteiger partial charge in [-0.15, -0.1) is 0 Å². The zero-order chi connectivity index (χ0) is 28.9. The molecule has 4 rings (SSSR count). The van der Waals surface area contributed by atoms with Crippen LogP contribution in [-0.4, -0.2) is 50.6 Å². The van der Waals surface area contributed by atoms with Crippen molar-refractivity contribution < 1.29 is 36.5 Å². The van der Waals surface area contributed by atoms with Crippen LogP contribution in [0.25, 0.3) is 6.08 Å². The van der Waals surface area contributed by atoms with Crippen LogP contribution in [0.2, 0.25) is 0 Å². The van der Waals surface area contributed by atoms with Crippen LogP contribution in [0.1, 0.15) is 18.1 Å². The molecular formula is C28H26N2O8S2. The van der Waals surface area contributed by atoms with Crippen molar-refractivity contribution in [3.8, 4) is 17.2 Å². The maximum absolute atomic E-state index is 13.1. The molecule has 0 unspecified atom stereocenters. The standard InChI is InChI=1S/C28H26N2O8S2/c1-18-7-11-22(12-8-18)37-16-15-30-27(32)25(39-28(30)33)17-20-5-4-6-24(36-3)26(20)38-40(34,35)23-13-9-21(10-14-23)29-19(2)31/h4-14,17H,15-16H2,1-3H3,(H,29,31)/b25-17-. The highest BCUT2D eigenvalue weighted by Crippen LogP contribution is 2.38. The number of nitrogens with one attached hydrogen (secondary N) is 1. The molecule has 40 heavy (non-hydrogen) atoms. The largest absolute Gasteiger partial charge is 0.493 e. The number of carbonyl (C=O) groups excluding carboxylic acids is 3. The lowest BCUT2D eigenvalue weighted by atomic mass is 10.1. The first-order valence-corrected chi connectivity index (χ1v) is 14.2. The maximum atomic E-state index is 13.1. The van der Waals surface area contributed by atoms with Crippen molar-refractivity contribution in [2.75, 3.05) is 25.6 Å². The number of para-hydroxylation sites is 1. The predicted molar refractivity (Wildman–Crippen MR) is 151 cm³/mol. The summed E-state index contributed by atoms with van der Waals surface area (Å²) in [6.07, 6.45) is 1.39. The maximum Gasteiger partial charge on any atom is 0.339 e. The van der Waals surface area contributed by atoms with Gasteiger partial charge in [0.1, 0.15) is 17.3 Å². The molecule has 0 radical (unpaired) electrons. The minimum atomic E-state index is -4.33. The van der Waals surface area contributed by atoms with Gasteiger partial charge in [0.15, 0.2) is 11.5 Å². The zero-order valence-corrected chi connectivity index (χ0v) is 23.5. The van der Waals surface area contributed by atoms with E-state index < -0.39 is 21.3 Å². The molecule has 3 aromatic carbocycles. The van der Waals surface area contributed by atoms with Crippen molar-refractivity contribution in [2.45, 2.75) is 18.7 Å². The molecular weight excluding hydrogens is 556 g/mol. The average Bonchev–Trinajstić information content (AvgIpc) is 3.18. The Morgan fingerprint density at radius 2 is 1.73 bits per heavy atom. The van der Waals surface area contributed by atoms with E-state index in [1.165, 1.54) is 50.4 Å². The Balaban J connectivity index is 1.53. The second-order valence-electron chi connectivity index (χ2n) is 8.62. The first-order chi connectivity index (χ1) is 19.1. The molecule has 1 heterocycles. The molecule has 0 spiro atoms. The van der Waals surface area contributed by atoms with Gasteiger partial charge >= 0.3 is 10.1 Å². The molecule has 1 fully saturated rings. The number of amides is 3. The van der Waals surface area contributed by atoms with Crippen molar-refractivity contribution >= 4 is 50.7 Å². The quantitative estimate of drug-likeness (QED) is 0.264. The van der Waals surface area contributed by atoms with Crippen molar-refractivity contribution in [1.82, 2.24) is 4.90 Å². The molecule has 3 aromatic rings. The summed E-state index contributed by atoms with van der Waals surface area (Å²) in [7, 11) is -2.98. The van der Waals surface area contributed by atoms with Crippen LogP contribution in [0.15, 0.2) is 76.5 Å². The van der Waals surface area contributed by atoms with Crippen LogP contribution in [0.5, 0.6) is 17.2 Å². The smallest absolute Gasteiger partial charge is 0.339 e. The van der Waals surface area contributed by atoms with Gasteiger partial charge in [0.2, 0.25) is 5.91 Å². The van der Waals surface area contributed by atoms with E-state index in [4.69, 9.17) is 13.7 Å². The number of hydrogen-bond acceptors (Lipinski definition) is 9. The van der Waals surface area contributed by atoms with Gasteiger partial charge in [0.25, 0.3) is 11.1 Å². The Kier molecular flexibility index (Phi) is 8.80. The first-order valence-electron chi connectivity index (χ1n) is 12.0. The number of aryl methyl sites for hydroxylation is 1. The highest BCUT2D eigenvalue weighted by atomic mass is 32.2. The summed E-state index contributed by atoms with van der Waals surface area (Å²) in [6.45, 7) is 3.45.